The second-order valence-electron chi connectivity index (χ2n) is 8.56. The maximum atomic E-state index is 15.2. The molecule has 0 bridgehead atoms. The Morgan fingerprint density at radius 3 is 2.22 bits per heavy atom. The molecular formula is C26H25F5O. The largest absolute Gasteiger partial charge is 0.429 e. The summed E-state index contributed by atoms with van der Waals surface area (Å²) in [7, 11) is 0. The minimum absolute atomic E-state index is 0.00767. The Kier molecular flexibility index (Phi) is 6.68. The van der Waals surface area contributed by atoms with Crippen LogP contribution in [0.15, 0.2) is 42.5 Å². The highest BCUT2D eigenvalue weighted by molar-refractivity contribution is 5.89. The molecule has 0 aliphatic heterocycles. The SMILES string of the molecule is CCCC1CCC(c2ccc3c(F)c(-c4cc(F)c(OC(F)F)c(F)c4)ccc3c2)CC1. The Morgan fingerprint density at radius 2 is 1.59 bits per heavy atom. The van der Waals surface area contributed by atoms with Crippen LogP contribution < -0.4 is 4.74 Å². The van der Waals surface area contributed by atoms with E-state index >= 15 is 4.39 Å². The van der Waals surface area contributed by atoms with E-state index in [9.17, 15) is 17.6 Å². The molecule has 6 heteroatoms. The summed E-state index contributed by atoms with van der Waals surface area (Å²) in [5.74, 6) is -3.15. The van der Waals surface area contributed by atoms with E-state index in [0.717, 1.165) is 36.3 Å². The molecule has 0 radical (unpaired) electrons. The molecular weight excluding hydrogens is 423 g/mol. The minimum Gasteiger partial charge on any atom is -0.429 e. The minimum atomic E-state index is -3.36. The molecule has 3 aromatic rings. The first kappa shape index (κ1) is 22.6. The van der Waals surface area contributed by atoms with E-state index in [-0.39, 0.29) is 11.1 Å². The standard InChI is InChI=1S/C26H25F5O/c1-2-3-15-4-6-16(7-5-15)17-8-10-20-18(12-17)9-11-21(24(20)29)19-13-22(27)25(23(28)14-19)32-26(30)31/h8-16,26H,2-7H2,1H3. The number of hydrogen-bond acceptors (Lipinski definition) is 1. The third-order valence-electron chi connectivity index (χ3n) is 6.51. The van der Waals surface area contributed by atoms with Crippen molar-refractivity contribution in [3.63, 3.8) is 0 Å². The van der Waals surface area contributed by atoms with Crippen LogP contribution in [-0.2, 0) is 0 Å². The molecule has 1 fully saturated rings. The number of rotatable bonds is 6. The van der Waals surface area contributed by atoms with Gasteiger partial charge in [-0.1, -0.05) is 50.1 Å². The molecule has 0 saturated heterocycles. The number of hydrogen-bond donors (Lipinski definition) is 0. The van der Waals surface area contributed by atoms with E-state index in [4.69, 9.17) is 0 Å². The van der Waals surface area contributed by atoms with Crippen molar-refractivity contribution >= 4 is 10.8 Å². The Labute approximate surface area is 184 Å². The van der Waals surface area contributed by atoms with Gasteiger partial charge in [-0.15, -0.1) is 0 Å². The van der Waals surface area contributed by atoms with Crippen molar-refractivity contribution in [1.29, 1.82) is 0 Å². The Hall–Kier alpha value is -2.63. The van der Waals surface area contributed by atoms with Crippen molar-refractivity contribution in [2.24, 2.45) is 5.92 Å². The van der Waals surface area contributed by atoms with Gasteiger partial charge in [0.25, 0.3) is 0 Å². The summed E-state index contributed by atoms with van der Waals surface area (Å²) >= 11 is 0. The molecule has 1 aliphatic carbocycles. The van der Waals surface area contributed by atoms with Gasteiger partial charge in [-0.25, -0.2) is 13.2 Å². The summed E-state index contributed by atoms with van der Waals surface area (Å²) in [5.41, 5.74) is 1.09. The first-order valence-electron chi connectivity index (χ1n) is 11.0. The molecule has 4 rings (SSSR count). The predicted molar refractivity (Wildman–Crippen MR) is 115 cm³/mol. The third kappa shape index (κ3) is 4.59. The van der Waals surface area contributed by atoms with Gasteiger partial charge in [0.2, 0.25) is 0 Å². The second-order valence-corrected chi connectivity index (χ2v) is 8.56. The smallest absolute Gasteiger partial charge is 0.387 e. The molecule has 1 nitrogen and oxygen atoms in total. The van der Waals surface area contributed by atoms with Crippen LogP contribution in [0.5, 0.6) is 5.75 Å². The number of ether oxygens (including phenoxy) is 1. The highest BCUT2D eigenvalue weighted by atomic mass is 19.3. The van der Waals surface area contributed by atoms with Crippen molar-refractivity contribution in [2.75, 3.05) is 0 Å². The summed E-state index contributed by atoms with van der Waals surface area (Å²) in [5, 5.41) is 1.07. The van der Waals surface area contributed by atoms with Crippen LogP contribution in [0.25, 0.3) is 21.9 Å². The number of halogens is 5. The summed E-state index contributed by atoms with van der Waals surface area (Å²) in [6, 6.07) is 10.4. The maximum Gasteiger partial charge on any atom is 0.387 e. The molecule has 1 aliphatic rings. The molecule has 0 N–H and O–H groups in total. The van der Waals surface area contributed by atoms with E-state index in [1.807, 2.05) is 12.1 Å². The van der Waals surface area contributed by atoms with E-state index in [1.165, 1.54) is 37.3 Å². The van der Waals surface area contributed by atoms with Gasteiger partial charge in [0.15, 0.2) is 17.4 Å². The Morgan fingerprint density at radius 1 is 0.906 bits per heavy atom. The molecule has 0 atom stereocenters. The van der Waals surface area contributed by atoms with Crippen LogP contribution in [-0.4, -0.2) is 6.61 Å². The zero-order valence-corrected chi connectivity index (χ0v) is 17.8. The van der Waals surface area contributed by atoms with Gasteiger partial charge in [-0.3, -0.25) is 0 Å². The van der Waals surface area contributed by atoms with Gasteiger partial charge < -0.3 is 4.74 Å². The lowest BCUT2D eigenvalue weighted by Gasteiger charge is -2.28. The molecule has 0 spiro atoms. The summed E-state index contributed by atoms with van der Waals surface area (Å²) in [6.07, 6.45) is 7.17. The Balaban J connectivity index is 1.62. The first-order chi connectivity index (χ1) is 15.4. The normalized spacial score (nSPS) is 19.0. The Bertz CT molecular complexity index is 1080. The van der Waals surface area contributed by atoms with Crippen LogP contribution in [0, 0.1) is 23.4 Å². The van der Waals surface area contributed by atoms with E-state index in [0.29, 0.717) is 11.3 Å². The molecule has 3 aromatic carbocycles. The van der Waals surface area contributed by atoms with Crippen molar-refractivity contribution in [1.82, 2.24) is 0 Å². The lowest BCUT2D eigenvalue weighted by atomic mass is 9.77. The first-order valence-corrected chi connectivity index (χ1v) is 11.0. The fraction of sp³-hybridized carbons (Fsp3) is 0.385. The van der Waals surface area contributed by atoms with Gasteiger partial charge in [0.05, 0.1) is 0 Å². The predicted octanol–water partition coefficient (Wildman–Crippen LogP) is 8.60. The highest BCUT2D eigenvalue weighted by Gasteiger charge is 2.23. The van der Waals surface area contributed by atoms with Gasteiger partial charge in [-0.05, 0) is 66.2 Å². The second kappa shape index (κ2) is 9.47. The maximum absolute atomic E-state index is 15.2. The van der Waals surface area contributed by atoms with E-state index < -0.39 is 29.8 Å². The number of benzene rings is 3. The lowest BCUT2D eigenvalue weighted by molar-refractivity contribution is -0.0546. The van der Waals surface area contributed by atoms with Crippen LogP contribution in [0.4, 0.5) is 22.0 Å². The molecule has 170 valence electrons. The van der Waals surface area contributed by atoms with Gasteiger partial charge in [-0.2, -0.15) is 8.78 Å². The fourth-order valence-corrected chi connectivity index (χ4v) is 4.90. The van der Waals surface area contributed by atoms with Gasteiger partial charge >= 0.3 is 6.61 Å². The van der Waals surface area contributed by atoms with Crippen LogP contribution in [0.3, 0.4) is 0 Å². The fourth-order valence-electron chi connectivity index (χ4n) is 4.90. The van der Waals surface area contributed by atoms with Crippen LogP contribution in [0.2, 0.25) is 0 Å². The molecule has 0 heterocycles. The third-order valence-corrected chi connectivity index (χ3v) is 6.51. The van der Waals surface area contributed by atoms with Crippen molar-refractivity contribution in [2.45, 2.75) is 58.0 Å². The monoisotopic (exact) mass is 448 g/mol. The number of alkyl halides is 2. The molecule has 0 aromatic heterocycles. The molecule has 0 unspecified atom stereocenters. The topological polar surface area (TPSA) is 9.23 Å². The van der Waals surface area contributed by atoms with E-state index in [2.05, 4.69) is 11.7 Å². The lowest BCUT2D eigenvalue weighted by Crippen LogP contribution is -2.13. The van der Waals surface area contributed by atoms with Crippen LogP contribution in [0.1, 0.15) is 56.9 Å². The summed E-state index contributed by atoms with van der Waals surface area (Å²) < 4.78 is 72.1. The summed E-state index contributed by atoms with van der Waals surface area (Å²) in [4.78, 5) is 0. The quantitative estimate of drug-likeness (QED) is 0.343. The molecule has 1 saturated carbocycles. The highest BCUT2D eigenvalue weighted by Crippen LogP contribution is 2.39. The zero-order valence-electron chi connectivity index (χ0n) is 17.8. The molecule has 0 amide bonds. The van der Waals surface area contributed by atoms with Crippen molar-refractivity contribution in [3.8, 4) is 16.9 Å². The van der Waals surface area contributed by atoms with Crippen molar-refractivity contribution < 1.29 is 26.7 Å². The average molecular weight is 448 g/mol. The van der Waals surface area contributed by atoms with Crippen LogP contribution >= 0.6 is 0 Å². The van der Waals surface area contributed by atoms with Crippen molar-refractivity contribution in [3.05, 3.63) is 65.5 Å². The molecule has 32 heavy (non-hydrogen) atoms. The zero-order chi connectivity index (χ0) is 22.8. The van der Waals surface area contributed by atoms with E-state index in [1.54, 1.807) is 12.1 Å². The average Bonchev–Trinajstić information content (AvgIpc) is 2.77. The van der Waals surface area contributed by atoms with Gasteiger partial charge in [0.1, 0.15) is 5.82 Å². The summed E-state index contributed by atoms with van der Waals surface area (Å²) in [6.45, 7) is -1.15. The van der Waals surface area contributed by atoms with Gasteiger partial charge in [0, 0.05) is 10.9 Å². The number of fused-ring (bicyclic) bond motifs is 1.